The zero-order valence-electron chi connectivity index (χ0n) is 11.4. The Hall–Kier alpha value is -1.45. The molecule has 0 aliphatic carbocycles. The van der Waals surface area contributed by atoms with Crippen LogP contribution in [0.1, 0.15) is 11.3 Å². The van der Waals surface area contributed by atoms with E-state index in [9.17, 15) is 0 Å². The van der Waals surface area contributed by atoms with E-state index in [-0.39, 0.29) is 0 Å². The summed E-state index contributed by atoms with van der Waals surface area (Å²) in [5, 5.41) is 6.33. The molecule has 0 N–H and O–H groups in total. The average Bonchev–Trinajstić information content (AvgIpc) is 2.73. The van der Waals surface area contributed by atoms with Gasteiger partial charge in [0.15, 0.2) is 0 Å². The normalized spacial score (nSPS) is 11.2. The lowest BCUT2D eigenvalue weighted by Gasteiger charge is -2.05. The third kappa shape index (κ3) is 2.56. The van der Waals surface area contributed by atoms with Crippen molar-refractivity contribution in [1.29, 1.82) is 0 Å². The van der Waals surface area contributed by atoms with Crippen LogP contribution in [-0.2, 0) is 12.8 Å². The molecule has 0 unspecified atom stereocenters. The number of nitrogens with zero attached hydrogens (tertiary/aromatic N) is 2. The zero-order valence-corrected chi connectivity index (χ0v) is 13.0. The highest BCUT2D eigenvalue weighted by atomic mass is 35.5. The summed E-state index contributed by atoms with van der Waals surface area (Å²) in [6.45, 7) is 2.02. The fourth-order valence-corrected chi connectivity index (χ4v) is 3.67. The van der Waals surface area contributed by atoms with Crippen molar-refractivity contribution in [2.75, 3.05) is 0 Å². The molecule has 2 nitrogen and oxygen atoms in total. The SMILES string of the molecule is Cc1nn(C)c2c(Cl)cc(SCc3ccccc3)cc12. The summed E-state index contributed by atoms with van der Waals surface area (Å²) >= 11 is 8.19. The van der Waals surface area contributed by atoms with E-state index in [0.29, 0.717) is 0 Å². The first kappa shape index (κ1) is 13.5. The molecule has 1 heterocycles. The first-order valence-electron chi connectivity index (χ1n) is 6.45. The maximum absolute atomic E-state index is 6.39. The van der Waals surface area contributed by atoms with Gasteiger partial charge in [-0.05, 0) is 24.6 Å². The molecular formula is C16H15ClN2S. The fourth-order valence-electron chi connectivity index (χ4n) is 2.33. The van der Waals surface area contributed by atoms with E-state index >= 15 is 0 Å². The summed E-state index contributed by atoms with van der Waals surface area (Å²) in [4.78, 5) is 1.18. The summed E-state index contributed by atoms with van der Waals surface area (Å²) in [7, 11) is 1.93. The standard InChI is InChI=1S/C16H15ClN2S/c1-11-14-8-13(9-15(17)16(14)19(2)18-11)20-10-12-6-4-3-5-7-12/h3-9H,10H2,1-2H3. The molecule has 0 aliphatic rings. The number of aryl methyl sites for hydroxylation is 2. The number of halogens is 1. The van der Waals surface area contributed by atoms with Gasteiger partial charge in [-0.15, -0.1) is 11.8 Å². The molecule has 0 bridgehead atoms. The van der Waals surface area contributed by atoms with E-state index in [0.717, 1.165) is 27.4 Å². The number of fused-ring (bicyclic) bond motifs is 1. The molecule has 3 rings (SSSR count). The molecule has 102 valence electrons. The van der Waals surface area contributed by atoms with Crippen molar-refractivity contribution >= 4 is 34.3 Å². The van der Waals surface area contributed by atoms with Gasteiger partial charge in [-0.2, -0.15) is 5.10 Å². The molecule has 0 saturated carbocycles. The van der Waals surface area contributed by atoms with Gasteiger partial charge in [0.1, 0.15) is 0 Å². The predicted octanol–water partition coefficient (Wildman–Crippen LogP) is 4.83. The Morgan fingerprint density at radius 1 is 1.20 bits per heavy atom. The highest BCUT2D eigenvalue weighted by molar-refractivity contribution is 7.98. The van der Waals surface area contributed by atoms with Gasteiger partial charge >= 0.3 is 0 Å². The Morgan fingerprint density at radius 2 is 1.95 bits per heavy atom. The lowest BCUT2D eigenvalue weighted by Crippen LogP contribution is -1.90. The predicted molar refractivity (Wildman–Crippen MR) is 86.5 cm³/mol. The lowest BCUT2D eigenvalue weighted by atomic mass is 10.2. The number of aromatic nitrogens is 2. The second-order valence-electron chi connectivity index (χ2n) is 4.78. The van der Waals surface area contributed by atoms with Crippen LogP contribution in [0.2, 0.25) is 5.02 Å². The number of benzene rings is 2. The van der Waals surface area contributed by atoms with Crippen molar-refractivity contribution in [3.05, 3.63) is 58.7 Å². The number of rotatable bonds is 3. The van der Waals surface area contributed by atoms with Crippen molar-refractivity contribution in [1.82, 2.24) is 9.78 Å². The molecule has 4 heteroatoms. The van der Waals surface area contributed by atoms with Crippen LogP contribution < -0.4 is 0 Å². The van der Waals surface area contributed by atoms with E-state index in [1.807, 2.05) is 30.8 Å². The zero-order chi connectivity index (χ0) is 14.1. The third-order valence-corrected chi connectivity index (χ3v) is 4.63. The van der Waals surface area contributed by atoms with Crippen LogP contribution in [0.3, 0.4) is 0 Å². The van der Waals surface area contributed by atoms with E-state index in [4.69, 9.17) is 11.6 Å². The van der Waals surface area contributed by atoms with Gasteiger partial charge in [-0.25, -0.2) is 0 Å². The van der Waals surface area contributed by atoms with Crippen LogP contribution in [0.4, 0.5) is 0 Å². The molecule has 20 heavy (non-hydrogen) atoms. The third-order valence-electron chi connectivity index (χ3n) is 3.30. The summed E-state index contributed by atoms with van der Waals surface area (Å²) in [6.07, 6.45) is 0. The number of hydrogen-bond donors (Lipinski definition) is 0. The van der Waals surface area contributed by atoms with Crippen molar-refractivity contribution in [2.45, 2.75) is 17.6 Å². The Kier molecular flexibility index (Phi) is 3.72. The summed E-state index contributed by atoms with van der Waals surface area (Å²) in [5.74, 6) is 0.946. The Labute approximate surface area is 127 Å². The van der Waals surface area contributed by atoms with Gasteiger partial charge < -0.3 is 0 Å². The highest BCUT2D eigenvalue weighted by Gasteiger charge is 2.10. The molecule has 0 aliphatic heterocycles. The van der Waals surface area contributed by atoms with E-state index in [1.165, 1.54) is 10.5 Å². The summed E-state index contributed by atoms with van der Waals surface area (Å²) in [5.41, 5.74) is 3.34. The Morgan fingerprint density at radius 3 is 2.70 bits per heavy atom. The fraction of sp³-hybridized carbons (Fsp3) is 0.188. The largest absolute Gasteiger partial charge is 0.266 e. The molecule has 0 fully saturated rings. The second-order valence-corrected chi connectivity index (χ2v) is 6.24. The van der Waals surface area contributed by atoms with Crippen molar-refractivity contribution < 1.29 is 0 Å². The summed E-state index contributed by atoms with van der Waals surface area (Å²) < 4.78 is 1.85. The average molecular weight is 303 g/mol. The molecule has 0 atom stereocenters. The van der Waals surface area contributed by atoms with E-state index in [1.54, 1.807) is 11.8 Å². The van der Waals surface area contributed by atoms with Crippen LogP contribution in [0.25, 0.3) is 10.9 Å². The van der Waals surface area contributed by atoms with Gasteiger partial charge in [0.2, 0.25) is 0 Å². The molecule has 2 aromatic carbocycles. The second kappa shape index (κ2) is 5.51. The van der Waals surface area contributed by atoms with Crippen LogP contribution in [0.15, 0.2) is 47.4 Å². The van der Waals surface area contributed by atoms with Crippen LogP contribution in [0.5, 0.6) is 0 Å². The molecule has 0 saturated heterocycles. The minimum absolute atomic E-state index is 0.765. The van der Waals surface area contributed by atoms with Gasteiger partial charge in [-0.1, -0.05) is 41.9 Å². The number of thioether (sulfide) groups is 1. The molecule has 1 aromatic heterocycles. The molecule has 0 amide bonds. The molecule has 0 spiro atoms. The first-order chi connectivity index (χ1) is 9.65. The van der Waals surface area contributed by atoms with Gasteiger partial charge in [0.25, 0.3) is 0 Å². The molecular weight excluding hydrogens is 288 g/mol. The minimum Gasteiger partial charge on any atom is -0.266 e. The van der Waals surface area contributed by atoms with Gasteiger partial charge in [0, 0.05) is 23.1 Å². The van der Waals surface area contributed by atoms with E-state index < -0.39 is 0 Å². The first-order valence-corrected chi connectivity index (χ1v) is 7.81. The van der Waals surface area contributed by atoms with Crippen molar-refractivity contribution in [3.63, 3.8) is 0 Å². The lowest BCUT2D eigenvalue weighted by molar-refractivity contribution is 0.783. The smallest absolute Gasteiger partial charge is 0.0868 e. The highest BCUT2D eigenvalue weighted by Crippen LogP contribution is 2.32. The number of hydrogen-bond acceptors (Lipinski definition) is 2. The van der Waals surface area contributed by atoms with E-state index in [2.05, 4.69) is 35.4 Å². The van der Waals surface area contributed by atoms with Gasteiger partial charge in [0.05, 0.1) is 16.2 Å². The van der Waals surface area contributed by atoms with Gasteiger partial charge in [-0.3, -0.25) is 4.68 Å². The van der Waals surface area contributed by atoms with Crippen LogP contribution >= 0.6 is 23.4 Å². The topological polar surface area (TPSA) is 17.8 Å². The van der Waals surface area contributed by atoms with Crippen molar-refractivity contribution in [2.24, 2.45) is 7.05 Å². The quantitative estimate of drug-likeness (QED) is 0.645. The maximum atomic E-state index is 6.39. The summed E-state index contributed by atoms with van der Waals surface area (Å²) in [6, 6.07) is 14.7. The molecule has 3 aromatic rings. The Bertz CT molecular complexity index is 750. The van der Waals surface area contributed by atoms with Crippen molar-refractivity contribution in [3.8, 4) is 0 Å². The minimum atomic E-state index is 0.765. The van der Waals surface area contributed by atoms with Crippen LogP contribution in [0, 0.1) is 6.92 Å². The van der Waals surface area contributed by atoms with Crippen LogP contribution in [-0.4, -0.2) is 9.78 Å². The monoisotopic (exact) mass is 302 g/mol. The maximum Gasteiger partial charge on any atom is 0.0868 e. The molecule has 0 radical (unpaired) electrons. The Balaban J connectivity index is 1.91.